The molecule has 2 heterocycles. The van der Waals surface area contributed by atoms with Gasteiger partial charge in [0.1, 0.15) is 5.75 Å². The van der Waals surface area contributed by atoms with Gasteiger partial charge in [-0.3, -0.25) is 9.59 Å². The molecule has 2 saturated heterocycles. The van der Waals surface area contributed by atoms with Crippen molar-refractivity contribution in [1.29, 1.82) is 0 Å². The van der Waals surface area contributed by atoms with Crippen LogP contribution < -0.4 is 4.74 Å². The number of nitrogens with zero attached hydrogens (tertiary/aromatic N) is 2. The first-order chi connectivity index (χ1) is 11.1. The van der Waals surface area contributed by atoms with Crippen molar-refractivity contribution in [3.63, 3.8) is 0 Å². The van der Waals surface area contributed by atoms with Crippen LogP contribution in [0.5, 0.6) is 5.75 Å². The van der Waals surface area contributed by atoms with Crippen molar-refractivity contribution in [2.75, 3.05) is 33.3 Å². The number of carbonyl (C=O) groups is 2. The fourth-order valence-electron chi connectivity index (χ4n) is 3.66. The van der Waals surface area contributed by atoms with Gasteiger partial charge in [-0.2, -0.15) is 0 Å². The molecule has 5 heteroatoms. The average Bonchev–Trinajstić information content (AvgIpc) is 2.99. The summed E-state index contributed by atoms with van der Waals surface area (Å²) in [6, 6.07) is 9.51. The van der Waals surface area contributed by atoms with Crippen LogP contribution in [0.15, 0.2) is 30.3 Å². The Bertz CT molecular complexity index is 575. The van der Waals surface area contributed by atoms with E-state index in [9.17, 15) is 9.59 Å². The van der Waals surface area contributed by atoms with E-state index in [0.717, 1.165) is 31.6 Å². The Balaban J connectivity index is 1.50. The normalized spacial score (nSPS) is 24.3. The van der Waals surface area contributed by atoms with E-state index in [4.69, 9.17) is 4.74 Å². The molecule has 0 saturated carbocycles. The Morgan fingerprint density at radius 1 is 1.22 bits per heavy atom. The van der Waals surface area contributed by atoms with Crippen LogP contribution in [0.2, 0.25) is 0 Å². The molecule has 5 nitrogen and oxygen atoms in total. The van der Waals surface area contributed by atoms with E-state index in [1.54, 1.807) is 0 Å². The van der Waals surface area contributed by atoms with Gasteiger partial charge >= 0.3 is 0 Å². The molecule has 124 valence electrons. The fourth-order valence-corrected chi connectivity index (χ4v) is 3.66. The van der Waals surface area contributed by atoms with Gasteiger partial charge in [0, 0.05) is 26.7 Å². The Kier molecular flexibility index (Phi) is 4.55. The molecule has 0 radical (unpaired) electrons. The van der Waals surface area contributed by atoms with Crippen molar-refractivity contribution in [2.24, 2.45) is 5.41 Å². The molecule has 0 unspecified atom stereocenters. The summed E-state index contributed by atoms with van der Waals surface area (Å²) in [7, 11) is 1.86. The molecule has 1 atom stereocenters. The lowest BCUT2D eigenvalue weighted by molar-refractivity contribution is -0.144. The first-order valence-electron chi connectivity index (χ1n) is 8.32. The predicted octanol–water partition coefficient (Wildman–Crippen LogP) is 1.93. The molecule has 0 aromatic heterocycles. The predicted molar refractivity (Wildman–Crippen MR) is 87.1 cm³/mol. The molecule has 1 spiro atoms. The van der Waals surface area contributed by atoms with Gasteiger partial charge in [0.25, 0.3) is 0 Å². The number of piperidine rings is 1. The zero-order chi connectivity index (χ0) is 16.3. The SMILES string of the molecule is CN1CCC[C@]2(CCN(C(=O)CCOc3ccccc3)C2)C1=O. The molecular formula is C18H24N2O3. The van der Waals surface area contributed by atoms with Crippen molar-refractivity contribution in [3.8, 4) is 5.75 Å². The lowest BCUT2D eigenvalue weighted by Gasteiger charge is -2.37. The maximum atomic E-state index is 12.5. The quantitative estimate of drug-likeness (QED) is 0.853. The molecule has 2 fully saturated rings. The summed E-state index contributed by atoms with van der Waals surface area (Å²) in [5.41, 5.74) is -0.330. The first kappa shape index (κ1) is 15.8. The molecule has 0 aliphatic carbocycles. The molecule has 0 N–H and O–H groups in total. The molecule has 3 rings (SSSR count). The summed E-state index contributed by atoms with van der Waals surface area (Å²) in [4.78, 5) is 28.5. The van der Waals surface area contributed by atoms with E-state index in [2.05, 4.69) is 0 Å². The van der Waals surface area contributed by atoms with Gasteiger partial charge in [0.05, 0.1) is 18.4 Å². The average molecular weight is 316 g/mol. The van der Waals surface area contributed by atoms with Crippen LogP contribution in [-0.4, -0.2) is 54.9 Å². The zero-order valence-electron chi connectivity index (χ0n) is 13.7. The summed E-state index contributed by atoms with van der Waals surface area (Å²) in [6.45, 7) is 2.46. The topological polar surface area (TPSA) is 49.9 Å². The largest absolute Gasteiger partial charge is 0.493 e. The number of benzene rings is 1. The van der Waals surface area contributed by atoms with E-state index >= 15 is 0 Å². The Morgan fingerprint density at radius 2 is 2.00 bits per heavy atom. The number of hydrogen-bond acceptors (Lipinski definition) is 3. The number of hydrogen-bond donors (Lipinski definition) is 0. The number of amides is 2. The van der Waals surface area contributed by atoms with Crippen LogP contribution in [0.1, 0.15) is 25.7 Å². The van der Waals surface area contributed by atoms with Crippen LogP contribution in [0.3, 0.4) is 0 Å². The van der Waals surface area contributed by atoms with E-state index in [1.165, 1.54) is 0 Å². The standard InChI is InChI=1S/C18H24N2O3/c1-19-11-5-9-18(17(19)22)10-12-20(14-18)16(21)8-13-23-15-6-3-2-4-7-15/h2-4,6-7H,5,8-14H2,1H3/t18-/m1/s1. The highest BCUT2D eigenvalue weighted by Gasteiger charge is 2.48. The highest BCUT2D eigenvalue weighted by Crippen LogP contribution is 2.39. The van der Waals surface area contributed by atoms with E-state index in [0.29, 0.717) is 26.1 Å². The molecule has 0 bridgehead atoms. The van der Waals surface area contributed by atoms with E-state index in [-0.39, 0.29) is 17.2 Å². The van der Waals surface area contributed by atoms with Gasteiger partial charge < -0.3 is 14.5 Å². The number of carbonyl (C=O) groups excluding carboxylic acids is 2. The fraction of sp³-hybridized carbons (Fsp3) is 0.556. The van der Waals surface area contributed by atoms with Crippen molar-refractivity contribution in [3.05, 3.63) is 30.3 Å². The Labute approximate surface area is 137 Å². The van der Waals surface area contributed by atoms with Crippen molar-refractivity contribution in [1.82, 2.24) is 9.80 Å². The number of likely N-dealkylation sites (tertiary alicyclic amines) is 2. The molecular weight excluding hydrogens is 292 g/mol. The summed E-state index contributed by atoms with van der Waals surface area (Å²) in [5.74, 6) is 1.07. The van der Waals surface area contributed by atoms with Gasteiger partial charge in [-0.25, -0.2) is 0 Å². The zero-order valence-corrected chi connectivity index (χ0v) is 13.7. The summed E-state index contributed by atoms with van der Waals surface area (Å²) in [6.07, 6.45) is 3.08. The molecule has 2 aliphatic heterocycles. The molecule has 1 aromatic carbocycles. The summed E-state index contributed by atoms with van der Waals surface area (Å²) < 4.78 is 5.59. The monoisotopic (exact) mass is 316 g/mol. The maximum Gasteiger partial charge on any atom is 0.230 e. The summed E-state index contributed by atoms with van der Waals surface area (Å²) in [5, 5.41) is 0. The van der Waals surface area contributed by atoms with Crippen LogP contribution in [0, 0.1) is 5.41 Å². The third kappa shape index (κ3) is 3.33. The lowest BCUT2D eigenvalue weighted by Crippen LogP contribution is -2.48. The second-order valence-corrected chi connectivity index (χ2v) is 6.59. The lowest BCUT2D eigenvalue weighted by atomic mass is 9.78. The summed E-state index contributed by atoms with van der Waals surface area (Å²) >= 11 is 0. The number of rotatable bonds is 4. The van der Waals surface area contributed by atoms with Gasteiger partial charge in [0.2, 0.25) is 11.8 Å². The minimum Gasteiger partial charge on any atom is -0.493 e. The van der Waals surface area contributed by atoms with Crippen LogP contribution >= 0.6 is 0 Å². The second kappa shape index (κ2) is 6.60. The van der Waals surface area contributed by atoms with E-state index < -0.39 is 0 Å². The van der Waals surface area contributed by atoms with Crippen LogP contribution in [-0.2, 0) is 9.59 Å². The van der Waals surface area contributed by atoms with Crippen molar-refractivity contribution >= 4 is 11.8 Å². The number of para-hydroxylation sites is 1. The van der Waals surface area contributed by atoms with Crippen molar-refractivity contribution in [2.45, 2.75) is 25.7 Å². The molecule has 2 amide bonds. The minimum atomic E-state index is -0.330. The van der Waals surface area contributed by atoms with Crippen LogP contribution in [0.4, 0.5) is 0 Å². The molecule has 23 heavy (non-hydrogen) atoms. The molecule has 1 aromatic rings. The van der Waals surface area contributed by atoms with Crippen molar-refractivity contribution < 1.29 is 14.3 Å². The highest BCUT2D eigenvalue weighted by atomic mass is 16.5. The highest BCUT2D eigenvalue weighted by molar-refractivity contribution is 5.86. The van der Waals surface area contributed by atoms with E-state index in [1.807, 2.05) is 47.2 Å². The van der Waals surface area contributed by atoms with Gasteiger partial charge in [0.15, 0.2) is 0 Å². The number of ether oxygens (including phenoxy) is 1. The second-order valence-electron chi connectivity index (χ2n) is 6.59. The third-order valence-corrected chi connectivity index (χ3v) is 4.98. The van der Waals surface area contributed by atoms with Gasteiger partial charge in [-0.15, -0.1) is 0 Å². The first-order valence-corrected chi connectivity index (χ1v) is 8.32. The maximum absolute atomic E-state index is 12.5. The van der Waals surface area contributed by atoms with Gasteiger partial charge in [-0.1, -0.05) is 18.2 Å². The smallest absolute Gasteiger partial charge is 0.230 e. The Morgan fingerprint density at radius 3 is 2.78 bits per heavy atom. The Hall–Kier alpha value is -2.04. The minimum absolute atomic E-state index is 0.0823. The van der Waals surface area contributed by atoms with Crippen LogP contribution in [0.25, 0.3) is 0 Å². The van der Waals surface area contributed by atoms with Gasteiger partial charge in [-0.05, 0) is 31.4 Å². The third-order valence-electron chi connectivity index (χ3n) is 4.98. The molecule has 2 aliphatic rings.